The number of nitrogens with two attached hydrogens (primary N) is 1. The van der Waals surface area contributed by atoms with Crippen molar-refractivity contribution < 1.29 is 4.52 Å². The molecule has 106 valence electrons. The Balaban J connectivity index is 2.27. The van der Waals surface area contributed by atoms with Gasteiger partial charge in [0.15, 0.2) is 11.6 Å². The van der Waals surface area contributed by atoms with E-state index in [1.54, 1.807) is 0 Å². The molecule has 3 nitrogen and oxygen atoms in total. The highest BCUT2D eigenvalue weighted by Gasteiger charge is 2.20. The van der Waals surface area contributed by atoms with Crippen LogP contribution in [0.4, 0.5) is 5.82 Å². The zero-order valence-corrected chi connectivity index (χ0v) is 12.5. The number of nitrogens with zero attached hydrogens (tertiary/aromatic N) is 1. The maximum absolute atomic E-state index is 6.06. The Labute approximate surface area is 124 Å². The number of hydrogen-bond acceptors (Lipinski definition) is 3. The number of hydrogen-bond donors (Lipinski definition) is 1. The Morgan fingerprint density at radius 3 is 2.24 bits per heavy atom. The molecule has 0 spiro atoms. The highest BCUT2D eigenvalue weighted by molar-refractivity contribution is 5.88. The quantitative estimate of drug-likeness (QED) is 0.750. The fourth-order valence-electron chi connectivity index (χ4n) is 2.73. The van der Waals surface area contributed by atoms with Crippen LogP contribution in [0.15, 0.2) is 47.0 Å². The van der Waals surface area contributed by atoms with Crippen molar-refractivity contribution in [2.24, 2.45) is 0 Å². The third-order valence-corrected chi connectivity index (χ3v) is 3.73. The number of aryl methyl sites for hydroxylation is 3. The Hall–Kier alpha value is -2.55. The van der Waals surface area contributed by atoms with Crippen molar-refractivity contribution in [2.75, 3.05) is 5.73 Å². The molecule has 0 saturated carbocycles. The first-order valence-electron chi connectivity index (χ1n) is 6.96. The summed E-state index contributed by atoms with van der Waals surface area (Å²) >= 11 is 0. The second-order valence-corrected chi connectivity index (χ2v) is 5.41. The highest BCUT2D eigenvalue weighted by Crippen LogP contribution is 2.39. The molecule has 0 unspecified atom stereocenters. The first kappa shape index (κ1) is 13.4. The minimum Gasteiger partial charge on any atom is -0.380 e. The van der Waals surface area contributed by atoms with Crippen molar-refractivity contribution in [3.05, 3.63) is 59.2 Å². The third kappa shape index (κ3) is 2.31. The van der Waals surface area contributed by atoms with E-state index in [1.165, 1.54) is 5.56 Å². The fraction of sp³-hybridized carbons (Fsp3) is 0.167. The summed E-state index contributed by atoms with van der Waals surface area (Å²) in [6, 6.07) is 14.4. The molecule has 1 heterocycles. The molecule has 2 aromatic carbocycles. The number of nitrogen functional groups attached to an aromatic ring is 1. The molecule has 21 heavy (non-hydrogen) atoms. The second-order valence-electron chi connectivity index (χ2n) is 5.41. The van der Waals surface area contributed by atoms with Crippen LogP contribution < -0.4 is 5.73 Å². The Morgan fingerprint density at radius 2 is 1.57 bits per heavy atom. The lowest BCUT2D eigenvalue weighted by Gasteiger charge is -2.09. The standard InChI is InChI=1S/C18H18N2O/c1-11-6-4-9-14(10-11)16-17(21-20-18(16)19)15-12(2)7-5-8-13(15)3/h4-10H,1-3H3,(H2,19,20). The van der Waals surface area contributed by atoms with Crippen LogP contribution in [-0.2, 0) is 0 Å². The van der Waals surface area contributed by atoms with Gasteiger partial charge in [0.2, 0.25) is 0 Å². The summed E-state index contributed by atoms with van der Waals surface area (Å²) in [5, 5.41) is 3.98. The van der Waals surface area contributed by atoms with Crippen LogP contribution in [0.1, 0.15) is 16.7 Å². The van der Waals surface area contributed by atoms with Gasteiger partial charge in [-0.2, -0.15) is 0 Å². The van der Waals surface area contributed by atoms with Crippen molar-refractivity contribution in [1.29, 1.82) is 0 Å². The number of aromatic nitrogens is 1. The van der Waals surface area contributed by atoms with Crippen molar-refractivity contribution in [3.63, 3.8) is 0 Å². The van der Waals surface area contributed by atoms with Crippen LogP contribution in [0.2, 0.25) is 0 Å². The summed E-state index contributed by atoms with van der Waals surface area (Å²) in [4.78, 5) is 0. The predicted octanol–water partition coefficient (Wildman–Crippen LogP) is 4.52. The Kier molecular flexibility index (Phi) is 3.26. The van der Waals surface area contributed by atoms with E-state index in [0.717, 1.165) is 33.6 Å². The molecular formula is C18H18N2O. The zero-order chi connectivity index (χ0) is 15.0. The van der Waals surface area contributed by atoms with Crippen LogP contribution in [0.25, 0.3) is 22.5 Å². The molecule has 0 fully saturated rings. The Bertz CT molecular complexity index is 782. The summed E-state index contributed by atoms with van der Waals surface area (Å²) in [6.45, 7) is 6.20. The van der Waals surface area contributed by atoms with Gasteiger partial charge in [0.25, 0.3) is 0 Å². The van der Waals surface area contributed by atoms with Crippen LogP contribution in [0.3, 0.4) is 0 Å². The third-order valence-electron chi connectivity index (χ3n) is 3.73. The molecule has 0 bridgehead atoms. The van der Waals surface area contributed by atoms with E-state index in [1.807, 2.05) is 18.2 Å². The molecule has 0 amide bonds. The largest absolute Gasteiger partial charge is 0.380 e. The summed E-state index contributed by atoms with van der Waals surface area (Å²) in [5.74, 6) is 1.17. The molecule has 0 aliphatic heterocycles. The molecule has 1 aromatic heterocycles. The zero-order valence-electron chi connectivity index (χ0n) is 12.5. The topological polar surface area (TPSA) is 52.0 Å². The first-order valence-corrected chi connectivity index (χ1v) is 6.96. The predicted molar refractivity (Wildman–Crippen MR) is 86.0 cm³/mol. The molecule has 0 atom stereocenters. The van der Waals surface area contributed by atoms with Crippen molar-refractivity contribution in [1.82, 2.24) is 5.16 Å². The minimum absolute atomic E-state index is 0.429. The van der Waals surface area contributed by atoms with E-state index in [4.69, 9.17) is 10.3 Å². The average molecular weight is 278 g/mol. The SMILES string of the molecule is Cc1cccc(-c2c(N)noc2-c2c(C)cccc2C)c1. The van der Waals surface area contributed by atoms with E-state index in [2.05, 4.69) is 50.2 Å². The van der Waals surface area contributed by atoms with Crippen molar-refractivity contribution in [2.45, 2.75) is 20.8 Å². The number of rotatable bonds is 2. The van der Waals surface area contributed by atoms with Crippen LogP contribution in [0, 0.1) is 20.8 Å². The molecule has 0 radical (unpaired) electrons. The fourth-order valence-corrected chi connectivity index (χ4v) is 2.73. The van der Waals surface area contributed by atoms with Gasteiger partial charge in [-0.1, -0.05) is 53.2 Å². The summed E-state index contributed by atoms with van der Waals surface area (Å²) in [5.41, 5.74) is 12.5. The smallest absolute Gasteiger partial charge is 0.177 e. The number of benzene rings is 2. The van der Waals surface area contributed by atoms with Crippen LogP contribution >= 0.6 is 0 Å². The molecule has 0 saturated heterocycles. The molecule has 3 aromatic rings. The van der Waals surface area contributed by atoms with E-state index in [9.17, 15) is 0 Å². The van der Waals surface area contributed by atoms with Gasteiger partial charge in [-0.05, 0) is 37.5 Å². The van der Waals surface area contributed by atoms with Gasteiger partial charge in [0, 0.05) is 5.56 Å². The summed E-state index contributed by atoms with van der Waals surface area (Å²) < 4.78 is 5.56. The van der Waals surface area contributed by atoms with Crippen molar-refractivity contribution in [3.8, 4) is 22.5 Å². The molecule has 3 rings (SSSR count). The van der Waals surface area contributed by atoms with E-state index < -0.39 is 0 Å². The van der Waals surface area contributed by atoms with Gasteiger partial charge in [-0.3, -0.25) is 0 Å². The summed E-state index contributed by atoms with van der Waals surface area (Å²) in [7, 11) is 0. The highest BCUT2D eigenvalue weighted by atomic mass is 16.5. The molecule has 0 aliphatic carbocycles. The lowest BCUT2D eigenvalue weighted by molar-refractivity contribution is 0.435. The lowest BCUT2D eigenvalue weighted by atomic mass is 9.95. The maximum Gasteiger partial charge on any atom is 0.177 e. The minimum atomic E-state index is 0.429. The monoisotopic (exact) mass is 278 g/mol. The molecular weight excluding hydrogens is 260 g/mol. The normalized spacial score (nSPS) is 10.8. The maximum atomic E-state index is 6.06. The van der Waals surface area contributed by atoms with E-state index >= 15 is 0 Å². The van der Waals surface area contributed by atoms with Gasteiger partial charge < -0.3 is 10.3 Å². The van der Waals surface area contributed by atoms with Gasteiger partial charge in [0.1, 0.15) is 0 Å². The summed E-state index contributed by atoms with van der Waals surface area (Å²) in [6.07, 6.45) is 0. The molecule has 3 heteroatoms. The van der Waals surface area contributed by atoms with Crippen molar-refractivity contribution >= 4 is 5.82 Å². The average Bonchev–Trinajstić information content (AvgIpc) is 2.80. The van der Waals surface area contributed by atoms with Gasteiger partial charge in [-0.25, -0.2) is 0 Å². The van der Waals surface area contributed by atoms with E-state index in [-0.39, 0.29) is 0 Å². The van der Waals surface area contributed by atoms with Gasteiger partial charge in [0.05, 0.1) is 5.56 Å². The lowest BCUT2D eigenvalue weighted by Crippen LogP contribution is -1.92. The van der Waals surface area contributed by atoms with Gasteiger partial charge in [-0.15, -0.1) is 0 Å². The second kappa shape index (κ2) is 5.09. The van der Waals surface area contributed by atoms with E-state index in [0.29, 0.717) is 5.82 Å². The number of anilines is 1. The molecule has 0 aliphatic rings. The first-order chi connectivity index (χ1) is 10.1. The Morgan fingerprint density at radius 1 is 0.905 bits per heavy atom. The van der Waals surface area contributed by atoms with Gasteiger partial charge >= 0.3 is 0 Å². The van der Waals surface area contributed by atoms with Crippen LogP contribution in [-0.4, -0.2) is 5.16 Å². The van der Waals surface area contributed by atoms with Crippen LogP contribution in [0.5, 0.6) is 0 Å². The molecule has 2 N–H and O–H groups in total.